The van der Waals surface area contributed by atoms with Crippen LogP contribution in [0.25, 0.3) is 0 Å². The van der Waals surface area contributed by atoms with Crippen molar-refractivity contribution < 1.29 is 17.9 Å². The number of rotatable bonds is 9. The maximum atomic E-state index is 12.5. The van der Waals surface area contributed by atoms with Gasteiger partial charge in [0.25, 0.3) is 0 Å². The molecule has 0 saturated carbocycles. The first-order valence-electron chi connectivity index (χ1n) is 8.83. The predicted octanol–water partition coefficient (Wildman–Crippen LogP) is 2.60. The fraction of sp³-hybridized carbons (Fsp3) is 0.611. The van der Waals surface area contributed by atoms with Gasteiger partial charge in [0.15, 0.2) is 0 Å². The number of sulfonamides is 1. The normalized spacial score (nSPS) is 18.1. The Balaban J connectivity index is 1.99. The third kappa shape index (κ3) is 5.78. The molecule has 1 fully saturated rings. The van der Waals surface area contributed by atoms with Gasteiger partial charge in [0.05, 0.1) is 26.0 Å². The molecule has 144 valence electrons. The maximum Gasteiger partial charge on any atom is 0.214 e. The smallest absolute Gasteiger partial charge is 0.214 e. The molecule has 1 aliphatic rings. The number of ether oxygens (including phenoxy) is 2. The van der Waals surface area contributed by atoms with Crippen molar-refractivity contribution in [2.24, 2.45) is 0 Å². The van der Waals surface area contributed by atoms with E-state index in [-0.39, 0.29) is 11.8 Å². The molecule has 0 aromatic heterocycles. The molecule has 2 rings (SSSR count). The zero-order valence-corrected chi connectivity index (χ0v) is 16.2. The Hall–Kier alpha value is -1.98. The van der Waals surface area contributed by atoms with Crippen molar-refractivity contribution in [3.05, 3.63) is 18.2 Å². The monoisotopic (exact) mass is 381 g/mol. The molecule has 0 bridgehead atoms. The van der Waals surface area contributed by atoms with E-state index in [0.29, 0.717) is 43.9 Å². The summed E-state index contributed by atoms with van der Waals surface area (Å²) in [6.45, 7) is 1.00. The second kappa shape index (κ2) is 9.64. The number of hydrogen-bond acceptors (Lipinski definition) is 6. The van der Waals surface area contributed by atoms with E-state index in [2.05, 4.69) is 5.32 Å². The second-order valence-corrected chi connectivity index (χ2v) is 8.46. The van der Waals surface area contributed by atoms with E-state index in [1.165, 1.54) is 0 Å². The van der Waals surface area contributed by atoms with E-state index in [0.717, 1.165) is 18.5 Å². The molecule has 0 radical (unpaired) electrons. The average Bonchev–Trinajstić information content (AvgIpc) is 2.65. The Morgan fingerprint density at radius 2 is 1.92 bits per heavy atom. The number of hydrogen-bond donors (Lipinski definition) is 1. The van der Waals surface area contributed by atoms with Gasteiger partial charge in [0.1, 0.15) is 11.5 Å². The number of nitrogens with one attached hydrogen (secondary N) is 1. The highest BCUT2D eigenvalue weighted by molar-refractivity contribution is 7.89. The van der Waals surface area contributed by atoms with Crippen LogP contribution in [0.5, 0.6) is 11.5 Å². The summed E-state index contributed by atoms with van der Waals surface area (Å²) in [4.78, 5) is 0. The molecule has 1 aromatic carbocycles. The van der Waals surface area contributed by atoms with Crippen molar-refractivity contribution in [2.75, 3.05) is 38.4 Å². The summed E-state index contributed by atoms with van der Waals surface area (Å²) in [7, 11) is -0.0861. The fourth-order valence-corrected chi connectivity index (χ4v) is 4.70. The van der Waals surface area contributed by atoms with Crippen LogP contribution in [0.3, 0.4) is 0 Å². The third-order valence-electron chi connectivity index (χ3n) is 4.44. The molecule has 1 saturated heterocycles. The number of unbranched alkanes of at least 4 members (excludes halogenated alkanes) is 2. The minimum atomic E-state index is -3.28. The van der Waals surface area contributed by atoms with E-state index < -0.39 is 10.0 Å². The minimum absolute atomic E-state index is 0.0365. The minimum Gasteiger partial charge on any atom is -0.497 e. The van der Waals surface area contributed by atoms with E-state index in [9.17, 15) is 8.42 Å². The van der Waals surface area contributed by atoms with Gasteiger partial charge in [-0.15, -0.1) is 0 Å². The molecule has 26 heavy (non-hydrogen) atoms. The zero-order valence-electron chi connectivity index (χ0n) is 15.4. The van der Waals surface area contributed by atoms with Crippen LogP contribution in [0.15, 0.2) is 18.2 Å². The van der Waals surface area contributed by atoms with Crippen LogP contribution < -0.4 is 14.8 Å². The Bertz CT molecular complexity index is 708. The van der Waals surface area contributed by atoms with Crippen LogP contribution in [-0.4, -0.2) is 51.8 Å². The molecule has 1 aromatic rings. The van der Waals surface area contributed by atoms with Crippen LogP contribution in [0.1, 0.15) is 32.1 Å². The number of benzene rings is 1. The zero-order chi connectivity index (χ0) is 19.0. The van der Waals surface area contributed by atoms with Gasteiger partial charge >= 0.3 is 0 Å². The van der Waals surface area contributed by atoms with Crippen LogP contribution in [0.2, 0.25) is 0 Å². The predicted molar refractivity (Wildman–Crippen MR) is 101 cm³/mol. The first kappa shape index (κ1) is 20.3. The van der Waals surface area contributed by atoms with Crippen LogP contribution in [0, 0.1) is 11.3 Å². The van der Waals surface area contributed by atoms with Crippen LogP contribution >= 0.6 is 0 Å². The molecule has 1 unspecified atom stereocenters. The first-order chi connectivity index (χ1) is 12.5. The van der Waals surface area contributed by atoms with Gasteiger partial charge in [-0.1, -0.05) is 0 Å². The molecule has 1 N–H and O–H groups in total. The van der Waals surface area contributed by atoms with Gasteiger partial charge in [-0.2, -0.15) is 9.57 Å². The Kier molecular flexibility index (Phi) is 7.54. The summed E-state index contributed by atoms with van der Waals surface area (Å²) >= 11 is 0. The van der Waals surface area contributed by atoms with Crippen LogP contribution in [-0.2, 0) is 10.0 Å². The lowest BCUT2D eigenvalue weighted by Crippen LogP contribution is -2.45. The van der Waals surface area contributed by atoms with Crippen molar-refractivity contribution >= 4 is 15.7 Å². The molecular formula is C18H27N3O4S. The van der Waals surface area contributed by atoms with Crippen molar-refractivity contribution in [1.29, 1.82) is 5.26 Å². The summed E-state index contributed by atoms with van der Waals surface area (Å²) in [6, 6.07) is 7.63. The number of nitriles is 1. The molecule has 1 heterocycles. The van der Waals surface area contributed by atoms with Gasteiger partial charge in [0.2, 0.25) is 10.0 Å². The van der Waals surface area contributed by atoms with E-state index in [1.54, 1.807) is 24.6 Å². The van der Waals surface area contributed by atoms with Gasteiger partial charge in [-0.25, -0.2) is 8.42 Å². The van der Waals surface area contributed by atoms with Gasteiger partial charge in [-0.05, 0) is 25.7 Å². The summed E-state index contributed by atoms with van der Waals surface area (Å²) in [5.74, 6) is 1.48. The molecule has 8 heteroatoms. The topological polar surface area (TPSA) is 91.7 Å². The third-order valence-corrected chi connectivity index (χ3v) is 6.36. The van der Waals surface area contributed by atoms with Crippen molar-refractivity contribution in [3.63, 3.8) is 0 Å². The highest BCUT2D eigenvalue weighted by atomic mass is 32.2. The highest BCUT2D eigenvalue weighted by Gasteiger charge is 2.28. The van der Waals surface area contributed by atoms with E-state index in [4.69, 9.17) is 14.7 Å². The standard InChI is InChI=1S/C18H27N3O4S/c1-24-17-11-16(12-18(13-17)25-2)20-15-7-6-9-21(14-15)26(22,23)10-5-3-4-8-19/h11-13,15,20H,3-7,9-10,14H2,1-2H3. The summed E-state index contributed by atoms with van der Waals surface area (Å²) < 4.78 is 37.2. The lowest BCUT2D eigenvalue weighted by molar-refractivity contribution is 0.326. The van der Waals surface area contributed by atoms with Gasteiger partial charge in [-0.3, -0.25) is 0 Å². The molecule has 0 aliphatic carbocycles. The SMILES string of the molecule is COc1cc(NC2CCCN(S(=O)(=O)CCCCC#N)C2)cc(OC)c1. The maximum absolute atomic E-state index is 12.5. The lowest BCUT2D eigenvalue weighted by atomic mass is 10.1. The van der Waals surface area contributed by atoms with Gasteiger partial charge in [0, 0.05) is 49.4 Å². The van der Waals surface area contributed by atoms with Crippen molar-refractivity contribution in [3.8, 4) is 17.6 Å². The average molecular weight is 381 g/mol. The molecule has 1 aliphatic heterocycles. The largest absolute Gasteiger partial charge is 0.497 e. The van der Waals surface area contributed by atoms with E-state index in [1.807, 2.05) is 18.2 Å². The molecule has 0 spiro atoms. The fourth-order valence-electron chi connectivity index (χ4n) is 3.06. The number of nitrogens with zero attached hydrogens (tertiary/aromatic N) is 2. The quantitative estimate of drug-likeness (QED) is 0.661. The van der Waals surface area contributed by atoms with Gasteiger partial charge < -0.3 is 14.8 Å². The van der Waals surface area contributed by atoms with Crippen molar-refractivity contribution in [1.82, 2.24) is 4.31 Å². The second-order valence-electron chi connectivity index (χ2n) is 6.37. The Labute approximate surface area is 155 Å². The Morgan fingerprint density at radius 3 is 2.54 bits per heavy atom. The van der Waals surface area contributed by atoms with Crippen molar-refractivity contribution in [2.45, 2.75) is 38.1 Å². The molecule has 7 nitrogen and oxygen atoms in total. The van der Waals surface area contributed by atoms with E-state index >= 15 is 0 Å². The summed E-state index contributed by atoms with van der Waals surface area (Å²) in [5, 5.41) is 12.0. The molecule has 1 atom stereocenters. The molecule has 0 amide bonds. The first-order valence-corrected chi connectivity index (χ1v) is 10.4. The number of piperidine rings is 1. The Morgan fingerprint density at radius 1 is 1.23 bits per heavy atom. The summed E-state index contributed by atoms with van der Waals surface area (Å²) in [5.41, 5.74) is 0.847. The number of anilines is 1. The highest BCUT2D eigenvalue weighted by Crippen LogP contribution is 2.27. The number of methoxy groups -OCH3 is 2. The molecular weight excluding hydrogens is 354 g/mol. The summed E-state index contributed by atoms with van der Waals surface area (Å²) in [6.07, 6.45) is 3.26. The van der Waals surface area contributed by atoms with Crippen LogP contribution in [0.4, 0.5) is 5.69 Å². The lowest BCUT2D eigenvalue weighted by Gasteiger charge is -2.33.